The van der Waals surface area contributed by atoms with E-state index in [0.717, 1.165) is 43.4 Å². The number of anilines is 1. The van der Waals surface area contributed by atoms with Crippen molar-refractivity contribution in [1.82, 2.24) is 30.2 Å². The monoisotopic (exact) mass is 841 g/mol. The van der Waals surface area contributed by atoms with E-state index in [2.05, 4.69) is 15.4 Å². The molecule has 2 aliphatic carbocycles. The molecule has 2 aromatic heterocycles. The first-order valence-electron chi connectivity index (χ1n) is 20.2. The average molecular weight is 842 g/mol. The standard InChI is InChI=1S/C42H47N7O8S2/c43-29-16-8-11-21-35(29)59(54,55)48-40(52)42-24-26(42)13-4-2-1-3-5-19-32(46-41(53)57-27-14-6-7-15-27)39(51)49-25-28(23-33(49)37(50)47-42)56-38-36(34-20-12-22-58-34)44-30-17-9-10-18-31(30)45-38/h4,8-13,16-18,20-22,26-28,32-33H,1-3,5-7,14-15,19,23-25,43H2,(H,46,53)(H,47,50)(H,48,52)/b13-4+/t26?,28-,32-,33+,42-/m1/s1. The fourth-order valence-corrected chi connectivity index (χ4v) is 10.2. The van der Waals surface area contributed by atoms with Gasteiger partial charge in [-0.2, -0.15) is 0 Å². The number of hydrogen-bond donors (Lipinski definition) is 4. The lowest BCUT2D eigenvalue weighted by Crippen LogP contribution is -2.58. The van der Waals surface area contributed by atoms with Crippen LogP contribution in [0.3, 0.4) is 0 Å². The van der Waals surface area contributed by atoms with Crippen molar-refractivity contribution in [2.24, 2.45) is 5.92 Å². The third-order valence-electron chi connectivity index (χ3n) is 11.5. The number of allylic oxidation sites excluding steroid dienone is 1. The molecule has 3 fully saturated rings. The lowest BCUT2D eigenvalue weighted by Gasteiger charge is -2.30. The number of carbonyl (C=O) groups excluding carboxylic acids is 4. The highest BCUT2D eigenvalue weighted by Crippen LogP contribution is 2.46. The van der Waals surface area contributed by atoms with E-state index in [-0.39, 0.29) is 42.0 Å². The van der Waals surface area contributed by atoms with Gasteiger partial charge in [-0.25, -0.2) is 27.9 Å². The molecule has 5 atom stereocenters. The van der Waals surface area contributed by atoms with Crippen LogP contribution in [0, 0.1) is 5.92 Å². The summed E-state index contributed by atoms with van der Waals surface area (Å²) < 4.78 is 41.3. The fourth-order valence-electron chi connectivity index (χ4n) is 8.29. The van der Waals surface area contributed by atoms with Crippen molar-refractivity contribution in [3.05, 3.63) is 78.2 Å². The van der Waals surface area contributed by atoms with Crippen molar-refractivity contribution in [3.8, 4) is 16.5 Å². The van der Waals surface area contributed by atoms with Crippen LogP contribution in [0.2, 0.25) is 0 Å². The second-order valence-electron chi connectivity index (χ2n) is 15.6. The van der Waals surface area contributed by atoms with E-state index in [4.69, 9.17) is 25.2 Å². The quantitative estimate of drug-likeness (QED) is 0.133. The summed E-state index contributed by atoms with van der Waals surface area (Å²) in [6, 6.07) is 14.8. The maximum Gasteiger partial charge on any atom is 0.408 e. The van der Waals surface area contributed by atoms with E-state index in [1.165, 1.54) is 34.4 Å². The highest BCUT2D eigenvalue weighted by atomic mass is 32.2. The Morgan fingerprint density at radius 3 is 2.42 bits per heavy atom. The highest BCUT2D eigenvalue weighted by Gasteiger charge is 2.62. The Morgan fingerprint density at radius 1 is 0.915 bits per heavy atom. The van der Waals surface area contributed by atoms with Crippen LogP contribution < -0.4 is 25.8 Å². The molecular weight excluding hydrogens is 795 g/mol. The predicted octanol–water partition coefficient (Wildman–Crippen LogP) is 5.23. The second-order valence-corrected chi connectivity index (χ2v) is 18.2. The number of nitrogens with one attached hydrogen (secondary N) is 3. The first-order chi connectivity index (χ1) is 28.5. The summed E-state index contributed by atoms with van der Waals surface area (Å²) in [5.41, 5.74) is 6.08. The number of aromatic nitrogens is 2. The number of fused-ring (bicyclic) bond motifs is 3. The molecule has 5 N–H and O–H groups in total. The van der Waals surface area contributed by atoms with Crippen LogP contribution in [-0.2, 0) is 29.1 Å². The minimum Gasteiger partial charge on any atom is -0.471 e. The summed E-state index contributed by atoms with van der Waals surface area (Å²) in [4.78, 5) is 68.2. The zero-order valence-electron chi connectivity index (χ0n) is 32.4. The van der Waals surface area contributed by atoms with Gasteiger partial charge >= 0.3 is 6.09 Å². The van der Waals surface area contributed by atoms with Gasteiger partial charge in [0.25, 0.3) is 15.9 Å². The topological polar surface area (TPSA) is 212 Å². The van der Waals surface area contributed by atoms with Crippen LogP contribution in [0.15, 0.2) is 83.1 Å². The zero-order valence-corrected chi connectivity index (χ0v) is 34.0. The number of nitrogen functional groups attached to an aromatic ring is 1. The van der Waals surface area contributed by atoms with E-state index in [9.17, 15) is 27.6 Å². The van der Waals surface area contributed by atoms with Gasteiger partial charge in [-0.3, -0.25) is 14.4 Å². The molecule has 1 saturated heterocycles. The molecule has 4 heterocycles. The number of rotatable bonds is 8. The molecule has 4 aliphatic rings. The van der Waals surface area contributed by atoms with Gasteiger partial charge < -0.3 is 30.7 Å². The second kappa shape index (κ2) is 17.0. The minimum absolute atomic E-state index is 0.00620. The summed E-state index contributed by atoms with van der Waals surface area (Å²) in [5.74, 6) is -2.37. The Bertz CT molecular complexity index is 2370. The van der Waals surface area contributed by atoms with E-state index in [0.29, 0.717) is 36.0 Å². The van der Waals surface area contributed by atoms with Gasteiger partial charge in [0.2, 0.25) is 17.7 Å². The van der Waals surface area contributed by atoms with Crippen molar-refractivity contribution < 1.29 is 37.1 Å². The molecule has 310 valence electrons. The minimum atomic E-state index is -4.42. The number of sulfonamides is 1. The molecule has 8 rings (SSSR count). The molecule has 2 aliphatic heterocycles. The smallest absolute Gasteiger partial charge is 0.408 e. The molecular formula is C42H47N7O8S2. The Kier molecular flexibility index (Phi) is 11.6. The average Bonchev–Trinajstić information content (AvgIpc) is 3.71. The molecule has 0 bridgehead atoms. The van der Waals surface area contributed by atoms with E-state index in [1.54, 1.807) is 6.07 Å². The Balaban J connectivity index is 1.11. The fraction of sp³-hybridized carbons (Fsp3) is 0.429. The summed E-state index contributed by atoms with van der Waals surface area (Å²) in [5, 5.41) is 7.61. The number of para-hydroxylation sites is 3. The maximum atomic E-state index is 14.7. The third kappa shape index (κ3) is 8.76. The molecule has 4 amide bonds. The number of carbonyl (C=O) groups is 4. The first-order valence-corrected chi connectivity index (χ1v) is 22.5. The van der Waals surface area contributed by atoms with Crippen molar-refractivity contribution >= 4 is 61.9 Å². The van der Waals surface area contributed by atoms with Crippen LogP contribution in [0.5, 0.6) is 5.88 Å². The molecule has 0 radical (unpaired) electrons. The summed E-state index contributed by atoms with van der Waals surface area (Å²) in [7, 11) is -4.42. The Hall–Kier alpha value is -5.55. The lowest BCUT2D eigenvalue weighted by atomic mass is 10.0. The van der Waals surface area contributed by atoms with Crippen molar-refractivity contribution in [2.75, 3.05) is 12.3 Å². The zero-order chi connectivity index (χ0) is 41.1. The van der Waals surface area contributed by atoms with Gasteiger partial charge in [-0.1, -0.05) is 55.3 Å². The molecule has 17 heteroatoms. The van der Waals surface area contributed by atoms with Crippen molar-refractivity contribution in [3.63, 3.8) is 0 Å². The highest BCUT2D eigenvalue weighted by molar-refractivity contribution is 7.90. The van der Waals surface area contributed by atoms with Gasteiger partial charge in [0.1, 0.15) is 40.4 Å². The number of nitrogens with two attached hydrogens (primary N) is 1. The lowest BCUT2D eigenvalue weighted by molar-refractivity contribution is -0.141. The number of alkyl carbamates (subject to hydrolysis) is 1. The van der Waals surface area contributed by atoms with E-state index < -0.39 is 63.5 Å². The van der Waals surface area contributed by atoms with Crippen LogP contribution in [-0.4, -0.2) is 83.5 Å². The van der Waals surface area contributed by atoms with Crippen LogP contribution >= 0.6 is 11.3 Å². The molecule has 15 nitrogen and oxygen atoms in total. The predicted molar refractivity (Wildman–Crippen MR) is 220 cm³/mol. The van der Waals surface area contributed by atoms with Crippen molar-refractivity contribution in [1.29, 1.82) is 0 Å². The molecule has 1 unspecified atom stereocenters. The Morgan fingerprint density at radius 2 is 1.66 bits per heavy atom. The summed E-state index contributed by atoms with van der Waals surface area (Å²) in [6.07, 6.45) is 8.79. The van der Waals surface area contributed by atoms with Crippen LogP contribution in [0.1, 0.15) is 70.6 Å². The summed E-state index contributed by atoms with van der Waals surface area (Å²) in [6.45, 7) is -0.0463. The number of hydrogen-bond acceptors (Lipinski definition) is 12. The molecule has 0 spiro atoms. The van der Waals surface area contributed by atoms with Crippen LogP contribution in [0.25, 0.3) is 21.6 Å². The Labute approximate surface area is 346 Å². The SMILES string of the molecule is Nc1ccccc1S(=O)(=O)NC(=O)[C@@]12CC1/C=C/CCCCC[C@@H](NC(=O)OC1CCCC1)C(=O)N1C[C@H](Oc3nc4ccccc4nc3-c3cccs3)C[C@H]1C(=O)N2. The third-order valence-corrected chi connectivity index (χ3v) is 13.8. The normalized spacial score (nSPS) is 25.8. The van der Waals surface area contributed by atoms with Crippen LogP contribution in [0.4, 0.5) is 10.5 Å². The number of amides is 4. The van der Waals surface area contributed by atoms with E-state index >= 15 is 0 Å². The number of thiophene rings is 1. The molecule has 59 heavy (non-hydrogen) atoms. The molecule has 2 saturated carbocycles. The number of nitrogens with zero attached hydrogens (tertiary/aromatic N) is 3. The van der Waals surface area contributed by atoms with Gasteiger partial charge in [0.15, 0.2) is 0 Å². The van der Waals surface area contributed by atoms with Gasteiger partial charge in [-0.05, 0) is 87.1 Å². The van der Waals surface area contributed by atoms with Crippen molar-refractivity contribution in [2.45, 2.75) is 105 Å². The van der Waals surface area contributed by atoms with Gasteiger partial charge in [0, 0.05) is 12.3 Å². The van der Waals surface area contributed by atoms with E-state index in [1.807, 2.05) is 53.9 Å². The molecule has 2 aromatic carbocycles. The number of benzene rings is 2. The largest absolute Gasteiger partial charge is 0.471 e. The van der Waals surface area contributed by atoms with Gasteiger partial charge in [0.05, 0.1) is 28.1 Å². The molecule has 4 aromatic rings. The summed E-state index contributed by atoms with van der Waals surface area (Å²) >= 11 is 1.47. The number of ether oxygens (including phenoxy) is 2. The maximum absolute atomic E-state index is 14.7. The van der Waals surface area contributed by atoms with Gasteiger partial charge in [-0.15, -0.1) is 11.3 Å². The first kappa shape index (κ1) is 40.2.